The highest BCUT2D eigenvalue weighted by molar-refractivity contribution is 4.98. The summed E-state index contributed by atoms with van der Waals surface area (Å²) in [6.45, 7) is 14.0. The van der Waals surface area contributed by atoms with Crippen LogP contribution in [0.15, 0.2) is 0 Å². The van der Waals surface area contributed by atoms with Gasteiger partial charge in [0.15, 0.2) is 0 Å². The first-order valence-electron chi connectivity index (χ1n) is 6.59. The van der Waals surface area contributed by atoms with E-state index >= 15 is 0 Å². The molecule has 0 radical (unpaired) electrons. The quantitative estimate of drug-likeness (QED) is 0.770. The molecule has 0 saturated carbocycles. The molecule has 1 saturated heterocycles. The van der Waals surface area contributed by atoms with Crippen LogP contribution in [0, 0.1) is 0 Å². The van der Waals surface area contributed by atoms with Crippen LogP contribution in [-0.2, 0) is 0 Å². The van der Waals surface area contributed by atoms with E-state index in [1.54, 1.807) is 0 Å². The second kappa shape index (κ2) is 5.31. The highest BCUT2D eigenvalue weighted by Crippen LogP contribution is 2.29. The Labute approximate surface area is 95.4 Å². The molecule has 1 N–H and O–H groups in total. The predicted molar refractivity (Wildman–Crippen MR) is 67.2 cm³/mol. The van der Waals surface area contributed by atoms with Gasteiger partial charge in [0.25, 0.3) is 0 Å². The van der Waals surface area contributed by atoms with Gasteiger partial charge in [-0.25, -0.2) is 0 Å². The monoisotopic (exact) mass is 212 g/mol. The van der Waals surface area contributed by atoms with Crippen LogP contribution < -0.4 is 5.32 Å². The van der Waals surface area contributed by atoms with Crippen LogP contribution in [0.4, 0.5) is 0 Å². The Morgan fingerprint density at radius 2 is 1.93 bits per heavy atom. The van der Waals surface area contributed by atoms with Crippen molar-refractivity contribution in [1.29, 1.82) is 0 Å². The topological polar surface area (TPSA) is 15.3 Å². The molecule has 1 aliphatic rings. The zero-order chi connectivity index (χ0) is 11.5. The van der Waals surface area contributed by atoms with Crippen LogP contribution in [0.2, 0.25) is 0 Å². The average Bonchev–Trinajstić information content (AvgIpc) is 2.28. The van der Waals surface area contributed by atoms with Crippen molar-refractivity contribution in [1.82, 2.24) is 10.2 Å². The van der Waals surface area contributed by atoms with Gasteiger partial charge in [0.05, 0.1) is 0 Å². The normalized spacial score (nSPS) is 29.0. The average molecular weight is 212 g/mol. The van der Waals surface area contributed by atoms with Crippen molar-refractivity contribution >= 4 is 0 Å². The molecule has 2 nitrogen and oxygen atoms in total. The fourth-order valence-corrected chi connectivity index (χ4v) is 2.79. The lowest BCUT2D eigenvalue weighted by atomic mass is 9.85. The summed E-state index contributed by atoms with van der Waals surface area (Å²) in [4.78, 5) is 2.74. The highest BCUT2D eigenvalue weighted by atomic mass is 15.3. The summed E-state index contributed by atoms with van der Waals surface area (Å²) in [5, 5.41) is 3.64. The Hall–Kier alpha value is -0.0800. The molecular weight excluding hydrogens is 184 g/mol. The molecule has 2 unspecified atom stereocenters. The molecule has 0 aliphatic carbocycles. The summed E-state index contributed by atoms with van der Waals surface area (Å²) in [7, 11) is 0. The SMILES string of the molecule is CCC(C)N1CC(C)NCC1(CC)CC. The van der Waals surface area contributed by atoms with E-state index in [1.807, 2.05) is 0 Å². The largest absolute Gasteiger partial charge is 0.311 e. The second-order valence-electron chi connectivity index (χ2n) is 5.12. The minimum Gasteiger partial charge on any atom is -0.311 e. The number of nitrogens with zero attached hydrogens (tertiary/aromatic N) is 1. The number of hydrogen-bond acceptors (Lipinski definition) is 2. The third kappa shape index (κ3) is 2.54. The van der Waals surface area contributed by atoms with Crippen LogP contribution in [0.5, 0.6) is 0 Å². The minimum atomic E-state index is 0.405. The molecule has 1 fully saturated rings. The van der Waals surface area contributed by atoms with E-state index in [2.05, 4.69) is 44.8 Å². The highest BCUT2D eigenvalue weighted by Gasteiger charge is 2.39. The first-order valence-corrected chi connectivity index (χ1v) is 6.59. The van der Waals surface area contributed by atoms with Crippen molar-refractivity contribution in [2.24, 2.45) is 0 Å². The minimum absolute atomic E-state index is 0.405. The van der Waals surface area contributed by atoms with Gasteiger partial charge in [0.1, 0.15) is 0 Å². The van der Waals surface area contributed by atoms with Crippen molar-refractivity contribution in [3.63, 3.8) is 0 Å². The fourth-order valence-electron chi connectivity index (χ4n) is 2.79. The lowest BCUT2D eigenvalue weighted by molar-refractivity contribution is 0.00249. The molecule has 2 heteroatoms. The van der Waals surface area contributed by atoms with Crippen LogP contribution in [0.1, 0.15) is 53.9 Å². The molecular formula is C13H28N2. The Kier molecular flexibility index (Phi) is 4.60. The van der Waals surface area contributed by atoms with Gasteiger partial charge in [0.2, 0.25) is 0 Å². The molecule has 2 atom stereocenters. The van der Waals surface area contributed by atoms with E-state index in [0.29, 0.717) is 11.6 Å². The Morgan fingerprint density at radius 3 is 2.40 bits per heavy atom. The lowest BCUT2D eigenvalue weighted by Gasteiger charge is -2.51. The van der Waals surface area contributed by atoms with Gasteiger partial charge in [0, 0.05) is 30.7 Å². The van der Waals surface area contributed by atoms with E-state index in [1.165, 1.54) is 25.8 Å². The molecule has 1 rings (SSSR count). The third-order valence-corrected chi connectivity index (χ3v) is 4.30. The van der Waals surface area contributed by atoms with E-state index in [0.717, 1.165) is 12.6 Å². The van der Waals surface area contributed by atoms with E-state index in [4.69, 9.17) is 0 Å². The number of rotatable bonds is 4. The maximum Gasteiger partial charge on any atom is 0.0332 e. The maximum absolute atomic E-state index is 3.64. The summed E-state index contributed by atoms with van der Waals surface area (Å²) in [5.41, 5.74) is 0.405. The summed E-state index contributed by atoms with van der Waals surface area (Å²) in [6, 6.07) is 1.36. The molecule has 0 aromatic carbocycles. The van der Waals surface area contributed by atoms with Gasteiger partial charge in [-0.2, -0.15) is 0 Å². The molecule has 0 spiro atoms. The van der Waals surface area contributed by atoms with E-state index in [9.17, 15) is 0 Å². The zero-order valence-electron chi connectivity index (χ0n) is 11.1. The summed E-state index contributed by atoms with van der Waals surface area (Å²) >= 11 is 0. The Bertz CT molecular complexity index is 187. The maximum atomic E-state index is 3.64. The fraction of sp³-hybridized carbons (Fsp3) is 1.00. The van der Waals surface area contributed by atoms with Gasteiger partial charge in [-0.1, -0.05) is 20.8 Å². The molecule has 0 aromatic rings. The third-order valence-electron chi connectivity index (χ3n) is 4.30. The van der Waals surface area contributed by atoms with E-state index < -0.39 is 0 Å². The van der Waals surface area contributed by atoms with Gasteiger partial charge in [-0.05, 0) is 33.1 Å². The summed E-state index contributed by atoms with van der Waals surface area (Å²) in [5.74, 6) is 0. The van der Waals surface area contributed by atoms with Crippen LogP contribution >= 0.6 is 0 Å². The van der Waals surface area contributed by atoms with Crippen molar-refractivity contribution in [2.45, 2.75) is 71.5 Å². The first kappa shape index (κ1) is 13.0. The van der Waals surface area contributed by atoms with Gasteiger partial charge < -0.3 is 5.32 Å². The Balaban J connectivity index is 2.82. The predicted octanol–water partition coefficient (Wildman–Crippen LogP) is 2.64. The first-order chi connectivity index (χ1) is 7.09. The van der Waals surface area contributed by atoms with Crippen LogP contribution in [0.25, 0.3) is 0 Å². The lowest BCUT2D eigenvalue weighted by Crippen LogP contribution is -2.65. The Morgan fingerprint density at radius 1 is 1.33 bits per heavy atom. The smallest absolute Gasteiger partial charge is 0.0332 e. The van der Waals surface area contributed by atoms with Crippen molar-refractivity contribution in [3.8, 4) is 0 Å². The molecule has 0 bridgehead atoms. The van der Waals surface area contributed by atoms with Crippen molar-refractivity contribution < 1.29 is 0 Å². The summed E-state index contributed by atoms with van der Waals surface area (Å²) < 4.78 is 0. The van der Waals surface area contributed by atoms with Gasteiger partial charge in [-0.15, -0.1) is 0 Å². The molecule has 15 heavy (non-hydrogen) atoms. The van der Waals surface area contributed by atoms with Crippen LogP contribution in [0.3, 0.4) is 0 Å². The molecule has 90 valence electrons. The standard InChI is InChI=1S/C13H28N2/c1-6-12(5)15-9-11(4)14-10-13(15,7-2)8-3/h11-12,14H,6-10H2,1-5H3. The van der Waals surface area contributed by atoms with Gasteiger partial charge in [-0.3, -0.25) is 4.90 Å². The molecule has 0 amide bonds. The number of piperazine rings is 1. The summed E-state index contributed by atoms with van der Waals surface area (Å²) in [6.07, 6.45) is 3.77. The van der Waals surface area contributed by atoms with Crippen molar-refractivity contribution in [2.75, 3.05) is 13.1 Å². The van der Waals surface area contributed by atoms with E-state index in [-0.39, 0.29) is 0 Å². The van der Waals surface area contributed by atoms with Crippen LogP contribution in [-0.4, -0.2) is 35.6 Å². The van der Waals surface area contributed by atoms with Gasteiger partial charge >= 0.3 is 0 Å². The number of hydrogen-bond donors (Lipinski definition) is 1. The molecule has 1 aliphatic heterocycles. The molecule has 1 heterocycles. The second-order valence-corrected chi connectivity index (χ2v) is 5.12. The zero-order valence-corrected chi connectivity index (χ0v) is 11.1. The number of nitrogens with one attached hydrogen (secondary N) is 1. The van der Waals surface area contributed by atoms with Crippen molar-refractivity contribution in [3.05, 3.63) is 0 Å². The molecule has 0 aromatic heterocycles.